The minimum absolute atomic E-state index is 0.0686. The van der Waals surface area contributed by atoms with E-state index in [4.69, 9.17) is 5.11 Å². The Kier molecular flexibility index (Phi) is 3.08. The van der Waals surface area contributed by atoms with Gasteiger partial charge in [0.2, 0.25) is 5.82 Å². The summed E-state index contributed by atoms with van der Waals surface area (Å²) < 4.78 is 39.2. The third-order valence-corrected chi connectivity index (χ3v) is 3.89. The number of carbonyl (C=O) groups is 1. The molecule has 7 nitrogen and oxygen atoms in total. The average molecular weight is 319 g/mol. The summed E-state index contributed by atoms with van der Waals surface area (Å²) >= 11 is 1.13. The number of aromatic carboxylic acids is 1. The number of hydrogen-bond donors (Lipinski definition) is 1. The monoisotopic (exact) mass is 319 g/mol. The second kappa shape index (κ2) is 4.69. The number of alkyl halides is 3. The molecular weight excluding hydrogens is 311 g/mol. The smallest absolute Gasteiger partial charge is 0.451 e. The van der Waals surface area contributed by atoms with Crippen LogP contribution in [-0.2, 0) is 19.3 Å². The number of rotatable bonds is 2. The van der Waals surface area contributed by atoms with Gasteiger partial charge in [-0.05, 0) is 0 Å². The van der Waals surface area contributed by atoms with Crippen molar-refractivity contribution >= 4 is 22.4 Å². The fourth-order valence-corrected chi connectivity index (χ4v) is 2.86. The molecule has 0 atom stereocenters. The second-order valence-corrected chi connectivity index (χ2v) is 5.17. The Bertz CT molecular complexity index is 695. The van der Waals surface area contributed by atoms with Gasteiger partial charge in [0.15, 0.2) is 16.6 Å². The van der Waals surface area contributed by atoms with Crippen molar-refractivity contribution in [2.75, 3.05) is 11.4 Å². The molecule has 0 bridgehead atoms. The highest BCUT2D eigenvalue weighted by Crippen LogP contribution is 2.31. The largest absolute Gasteiger partial charge is 0.476 e. The van der Waals surface area contributed by atoms with Crippen molar-refractivity contribution in [3.63, 3.8) is 0 Å². The summed E-state index contributed by atoms with van der Waals surface area (Å²) in [6.07, 6.45) is -4.54. The second-order valence-electron chi connectivity index (χ2n) is 4.33. The Balaban J connectivity index is 1.85. The number of anilines is 1. The fourth-order valence-electron chi connectivity index (χ4n) is 2.04. The van der Waals surface area contributed by atoms with Crippen LogP contribution in [0.15, 0.2) is 5.38 Å². The Hall–Kier alpha value is -2.17. The minimum atomic E-state index is -4.54. The molecule has 0 aliphatic carbocycles. The molecule has 3 rings (SSSR count). The van der Waals surface area contributed by atoms with E-state index >= 15 is 0 Å². The van der Waals surface area contributed by atoms with Gasteiger partial charge in [-0.25, -0.2) is 9.78 Å². The third-order valence-electron chi connectivity index (χ3n) is 2.99. The van der Waals surface area contributed by atoms with E-state index in [1.807, 2.05) is 0 Å². The number of aromatic nitrogens is 4. The maximum absolute atomic E-state index is 12.7. The topological polar surface area (TPSA) is 84.1 Å². The molecule has 3 heterocycles. The van der Waals surface area contributed by atoms with Gasteiger partial charge in [0.05, 0.1) is 6.54 Å². The van der Waals surface area contributed by atoms with Crippen molar-refractivity contribution in [3.8, 4) is 0 Å². The predicted octanol–water partition coefficient (Wildman–Crippen LogP) is 1.47. The van der Waals surface area contributed by atoms with Gasteiger partial charge in [0, 0.05) is 18.5 Å². The maximum atomic E-state index is 12.7. The van der Waals surface area contributed by atoms with Crippen molar-refractivity contribution < 1.29 is 23.1 Å². The molecule has 0 spiro atoms. The molecule has 0 fully saturated rings. The predicted molar refractivity (Wildman–Crippen MR) is 65.1 cm³/mol. The van der Waals surface area contributed by atoms with Crippen LogP contribution in [0, 0.1) is 0 Å². The van der Waals surface area contributed by atoms with Crippen molar-refractivity contribution in [1.82, 2.24) is 19.7 Å². The molecule has 0 aromatic carbocycles. The Labute approximate surface area is 119 Å². The first-order chi connectivity index (χ1) is 9.86. The minimum Gasteiger partial charge on any atom is -0.476 e. The summed E-state index contributed by atoms with van der Waals surface area (Å²) in [7, 11) is 0. The molecule has 0 saturated heterocycles. The number of carboxylic acids is 1. The van der Waals surface area contributed by atoms with Gasteiger partial charge in [-0.1, -0.05) is 0 Å². The normalized spacial score (nSPS) is 15.1. The van der Waals surface area contributed by atoms with E-state index in [0.717, 1.165) is 15.9 Å². The first-order valence-electron chi connectivity index (χ1n) is 5.79. The lowest BCUT2D eigenvalue weighted by Gasteiger charge is -2.27. The Morgan fingerprint density at radius 2 is 2.10 bits per heavy atom. The van der Waals surface area contributed by atoms with Crippen molar-refractivity contribution in [2.45, 2.75) is 19.3 Å². The van der Waals surface area contributed by atoms with Gasteiger partial charge in [-0.15, -0.1) is 21.5 Å². The molecule has 2 aromatic rings. The lowest BCUT2D eigenvalue weighted by molar-refractivity contribution is -0.147. The van der Waals surface area contributed by atoms with Crippen LogP contribution < -0.4 is 4.90 Å². The summed E-state index contributed by atoms with van der Waals surface area (Å²) in [4.78, 5) is 16.4. The number of hydrogen-bond acceptors (Lipinski definition) is 6. The average Bonchev–Trinajstić information content (AvgIpc) is 3.04. The SMILES string of the molecule is O=C(O)c1csc(N2CCn3c(nnc3C(F)(F)F)C2)n1. The maximum Gasteiger partial charge on any atom is 0.451 e. The lowest BCUT2D eigenvalue weighted by Crippen LogP contribution is -2.35. The first kappa shape index (κ1) is 13.8. The molecule has 1 N–H and O–H groups in total. The van der Waals surface area contributed by atoms with E-state index in [0.29, 0.717) is 5.13 Å². The Morgan fingerprint density at radius 3 is 2.71 bits per heavy atom. The molecule has 1 aliphatic heterocycles. The van der Waals surface area contributed by atoms with Crippen LogP contribution in [0.2, 0.25) is 0 Å². The van der Waals surface area contributed by atoms with Crippen molar-refractivity contribution in [1.29, 1.82) is 0 Å². The van der Waals surface area contributed by atoms with Crippen LogP contribution >= 0.6 is 11.3 Å². The van der Waals surface area contributed by atoms with Gasteiger partial charge in [-0.3, -0.25) is 0 Å². The summed E-state index contributed by atoms with van der Waals surface area (Å²) in [5.74, 6) is -1.97. The van der Waals surface area contributed by atoms with Crippen LogP contribution in [0.1, 0.15) is 22.1 Å². The van der Waals surface area contributed by atoms with Gasteiger partial charge >= 0.3 is 12.1 Å². The fraction of sp³-hybridized carbons (Fsp3) is 0.400. The molecule has 11 heteroatoms. The Morgan fingerprint density at radius 1 is 1.33 bits per heavy atom. The van der Waals surface area contributed by atoms with Crippen LogP contribution in [0.4, 0.5) is 18.3 Å². The molecule has 0 radical (unpaired) electrons. The molecule has 2 aromatic heterocycles. The summed E-state index contributed by atoms with van der Waals surface area (Å²) in [6.45, 7) is 0.454. The van der Waals surface area contributed by atoms with E-state index in [-0.39, 0.29) is 31.2 Å². The van der Waals surface area contributed by atoms with Gasteiger partial charge in [0.1, 0.15) is 0 Å². The number of fused-ring (bicyclic) bond motifs is 1. The van der Waals surface area contributed by atoms with Gasteiger partial charge in [0.25, 0.3) is 0 Å². The van der Waals surface area contributed by atoms with Crippen LogP contribution in [0.25, 0.3) is 0 Å². The first-order valence-corrected chi connectivity index (χ1v) is 6.67. The molecule has 112 valence electrons. The summed E-state index contributed by atoms with van der Waals surface area (Å²) in [6, 6.07) is 0. The lowest BCUT2D eigenvalue weighted by atomic mass is 10.3. The quantitative estimate of drug-likeness (QED) is 0.902. The number of carboxylic acid groups (broad SMARTS) is 1. The highest BCUT2D eigenvalue weighted by Gasteiger charge is 2.39. The molecular formula is C10H8F3N5O2S. The van der Waals surface area contributed by atoms with E-state index in [1.54, 1.807) is 4.90 Å². The number of nitrogens with zero attached hydrogens (tertiary/aromatic N) is 5. The van der Waals surface area contributed by atoms with Crippen molar-refractivity contribution in [2.24, 2.45) is 0 Å². The highest BCUT2D eigenvalue weighted by atomic mass is 32.1. The number of halogens is 3. The van der Waals surface area contributed by atoms with Crippen molar-refractivity contribution in [3.05, 3.63) is 22.7 Å². The molecule has 0 amide bonds. The highest BCUT2D eigenvalue weighted by molar-refractivity contribution is 7.13. The molecule has 0 unspecified atom stereocenters. The zero-order valence-electron chi connectivity index (χ0n) is 10.3. The van der Waals surface area contributed by atoms with Crippen LogP contribution in [-0.4, -0.2) is 37.4 Å². The van der Waals surface area contributed by atoms with E-state index < -0.39 is 18.0 Å². The zero-order chi connectivity index (χ0) is 15.2. The number of thiazole rings is 1. The summed E-state index contributed by atoms with van der Waals surface area (Å²) in [5.41, 5.74) is -0.0852. The third kappa shape index (κ3) is 2.44. The zero-order valence-corrected chi connectivity index (χ0v) is 11.1. The van der Waals surface area contributed by atoms with Gasteiger partial charge in [-0.2, -0.15) is 13.2 Å². The van der Waals surface area contributed by atoms with E-state index in [9.17, 15) is 18.0 Å². The van der Waals surface area contributed by atoms with E-state index in [2.05, 4.69) is 15.2 Å². The van der Waals surface area contributed by atoms with Gasteiger partial charge < -0.3 is 14.6 Å². The molecule has 0 saturated carbocycles. The van der Waals surface area contributed by atoms with Crippen LogP contribution in [0.5, 0.6) is 0 Å². The van der Waals surface area contributed by atoms with E-state index in [1.165, 1.54) is 5.38 Å². The standard InChI is InChI=1S/C10H8F3N5O2S/c11-10(12,13)8-16-15-6-3-17(1-2-18(6)8)9-14-5(4-21-9)7(19)20/h4H,1-3H2,(H,19,20). The van der Waals surface area contributed by atoms with Crippen LogP contribution in [0.3, 0.4) is 0 Å². The summed E-state index contributed by atoms with van der Waals surface area (Å²) in [5, 5.41) is 17.4. The molecule has 1 aliphatic rings. The molecule has 21 heavy (non-hydrogen) atoms.